The van der Waals surface area contributed by atoms with Crippen molar-refractivity contribution >= 4 is 0 Å². The SMILES string of the molecule is CC.CC.CCC1CC=C(CC2CC(CC)C2)CC1. The topological polar surface area (TPSA) is 0 Å². The molecule has 1 fully saturated rings. The second-order valence-corrected chi connectivity index (χ2v) is 5.73. The Bertz CT molecular complexity index is 220. The van der Waals surface area contributed by atoms with Crippen molar-refractivity contribution in [3.63, 3.8) is 0 Å². The summed E-state index contributed by atoms with van der Waals surface area (Å²) >= 11 is 0. The van der Waals surface area contributed by atoms with Crippen LogP contribution in [0.5, 0.6) is 0 Å². The van der Waals surface area contributed by atoms with Crippen LogP contribution in [0.3, 0.4) is 0 Å². The molecular formula is C19H38. The van der Waals surface area contributed by atoms with Crippen LogP contribution in [0, 0.1) is 17.8 Å². The molecule has 0 bridgehead atoms. The highest BCUT2D eigenvalue weighted by Crippen LogP contribution is 2.41. The van der Waals surface area contributed by atoms with Crippen molar-refractivity contribution < 1.29 is 0 Å². The summed E-state index contributed by atoms with van der Waals surface area (Å²) in [6.07, 6.45) is 14.1. The van der Waals surface area contributed by atoms with E-state index in [9.17, 15) is 0 Å². The van der Waals surface area contributed by atoms with E-state index in [1.165, 1.54) is 51.4 Å². The third-order valence-electron chi connectivity index (χ3n) is 4.65. The van der Waals surface area contributed by atoms with Crippen LogP contribution in [0.4, 0.5) is 0 Å². The van der Waals surface area contributed by atoms with Gasteiger partial charge in [-0.05, 0) is 56.3 Å². The van der Waals surface area contributed by atoms with Crippen LogP contribution in [-0.2, 0) is 0 Å². The largest absolute Gasteiger partial charge is 0.0850 e. The first-order valence-corrected chi connectivity index (χ1v) is 8.99. The van der Waals surface area contributed by atoms with Crippen molar-refractivity contribution in [2.45, 2.75) is 92.9 Å². The first kappa shape index (κ1) is 18.7. The fourth-order valence-electron chi connectivity index (χ4n) is 3.24. The Hall–Kier alpha value is -0.260. The molecule has 0 nitrogen and oxygen atoms in total. The minimum atomic E-state index is 0.999. The van der Waals surface area contributed by atoms with Gasteiger partial charge in [-0.25, -0.2) is 0 Å². The normalized spacial score (nSPS) is 28.9. The maximum Gasteiger partial charge on any atom is -0.0292 e. The van der Waals surface area contributed by atoms with Gasteiger partial charge in [0.25, 0.3) is 0 Å². The summed E-state index contributed by atoms with van der Waals surface area (Å²) in [5.41, 5.74) is 1.79. The van der Waals surface area contributed by atoms with E-state index in [0.717, 1.165) is 17.8 Å². The average Bonchev–Trinajstić information content (AvgIpc) is 2.47. The van der Waals surface area contributed by atoms with Gasteiger partial charge < -0.3 is 0 Å². The molecule has 1 atom stereocenters. The third kappa shape index (κ3) is 6.63. The molecule has 0 aromatic heterocycles. The molecule has 1 unspecified atom stereocenters. The number of hydrogen-bond donors (Lipinski definition) is 0. The smallest absolute Gasteiger partial charge is 0.0292 e. The zero-order valence-corrected chi connectivity index (χ0v) is 14.5. The van der Waals surface area contributed by atoms with Crippen LogP contribution in [0.25, 0.3) is 0 Å². The molecule has 2 aliphatic carbocycles. The first-order chi connectivity index (χ1) is 9.31. The summed E-state index contributed by atoms with van der Waals surface area (Å²) in [4.78, 5) is 0. The van der Waals surface area contributed by atoms with Gasteiger partial charge in [-0.2, -0.15) is 0 Å². The predicted molar refractivity (Wildman–Crippen MR) is 89.5 cm³/mol. The lowest BCUT2D eigenvalue weighted by Crippen LogP contribution is -2.23. The molecule has 114 valence electrons. The third-order valence-corrected chi connectivity index (χ3v) is 4.65. The molecule has 0 aromatic rings. The van der Waals surface area contributed by atoms with Gasteiger partial charge in [0.05, 0.1) is 0 Å². The highest BCUT2D eigenvalue weighted by atomic mass is 14.3. The summed E-state index contributed by atoms with van der Waals surface area (Å²) in [5.74, 6) is 3.13. The van der Waals surface area contributed by atoms with Gasteiger partial charge >= 0.3 is 0 Å². The minimum absolute atomic E-state index is 0.999. The molecule has 0 heterocycles. The Morgan fingerprint density at radius 1 is 0.895 bits per heavy atom. The van der Waals surface area contributed by atoms with Gasteiger partial charge in [-0.15, -0.1) is 0 Å². The molecule has 0 aromatic carbocycles. The Morgan fingerprint density at radius 2 is 1.47 bits per heavy atom. The molecule has 19 heavy (non-hydrogen) atoms. The van der Waals surface area contributed by atoms with Crippen LogP contribution in [0.15, 0.2) is 11.6 Å². The van der Waals surface area contributed by atoms with E-state index in [1.54, 1.807) is 5.57 Å². The van der Waals surface area contributed by atoms with E-state index in [0.29, 0.717) is 0 Å². The van der Waals surface area contributed by atoms with Crippen LogP contribution in [0.1, 0.15) is 92.9 Å². The van der Waals surface area contributed by atoms with E-state index in [4.69, 9.17) is 0 Å². The Kier molecular flexibility index (Phi) is 11.4. The zero-order chi connectivity index (χ0) is 14.7. The zero-order valence-electron chi connectivity index (χ0n) is 14.5. The summed E-state index contributed by atoms with van der Waals surface area (Å²) in [6.45, 7) is 12.7. The predicted octanol–water partition coefficient (Wildman–Crippen LogP) is 7.00. The van der Waals surface area contributed by atoms with Crippen molar-refractivity contribution in [2.24, 2.45) is 17.8 Å². The van der Waals surface area contributed by atoms with Crippen molar-refractivity contribution in [1.29, 1.82) is 0 Å². The van der Waals surface area contributed by atoms with Crippen molar-refractivity contribution in [2.75, 3.05) is 0 Å². The van der Waals surface area contributed by atoms with Gasteiger partial charge in [0.15, 0.2) is 0 Å². The number of hydrogen-bond acceptors (Lipinski definition) is 0. The molecule has 2 aliphatic rings. The first-order valence-electron chi connectivity index (χ1n) is 8.99. The van der Waals surface area contributed by atoms with E-state index < -0.39 is 0 Å². The van der Waals surface area contributed by atoms with Gasteiger partial charge in [0.2, 0.25) is 0 Å². The molecule has 1 saturated carbocycles. The van der Waals surface area contributed by atoms with Crippen LogP contribution >= 0.6 is 0 Å². The molecule has 0 aliphatic heterocycles. The Labute approximate surface area is 123 Å². The van der Waals surface area contributed by atoms with Gasteiger partial charge in [0, 0.05) is 0 Å². The van der Waals surface area contributed by atoms with Crippen LogP contribution in [-0.4, -0.2) is 0 Å². The number of rotatable bonds is 4. The summed E-state index contributed by atoms with van der Waals surface area (Å²) in [6, 6.07) is 0. The van der Waals surface area contributed by atoms with E-state index in [-0.39, 0.29) is 0 Å². The second-order valence-electron chi connectivity index (χ2n) is 5.73. The molecule has 0 radical (unpaired) electrons. The van der Waals surface area contributed by atoms with Gasteiger partial charge in [0.1, 0.15) is 0 Å². The minimum Gasteiger partial charge on any atom is -0.0850 e. The molecular weight excluding hydrogens is 228 g/mol. The summed E-state index contributed by atoms with van der Waals surface area (Å²) in [5, 5.41) is 0. The average molecular weight is 267 g/mol. The van der Waals surface area contributed by atoms with Crippen molar-refractivity contribution in [1.82, 2.24) is 0 Å². The quantitative estimate of drug-likeness (QED) is 0.480. The van der Waals surface area contributed by atoms with Crippen molar-refractivity contribution in [3.8, 4) is 0 Å². The van der Waals surface area contributed by atoms with Gasteiger partial charge in [-0.1, -0.05) is 66.0 Å². The van der Waals surface area contributed by atoms with E-state index in [2.05, 4.69) is 19.9 Å². The fraction of sp³-hybridized carbons (Fsp3) is 0.895. The molecule has 0 saturated heterocycles. The Balaban J connectivity index is 0.000000741. The molecule has 0 spiro atoms. The van der Waals surface area contributed by atoms with Crippen LogP contribution < -0.4 is 0 Å². The fourth-order valence-corrected chi connectivity index (χ4v) is 3.24. The Morgan fingerprint density at radius 3 is 1.89 bits per heavy atom. The van der Waals surface area contributed by atoms with Crippen molar-refractivity contribution in [3.05, 3.63) is 11.6 Å². The maximum atomic E-state index is 2.57. The molecule has 2 rings (SSSR count). The van der Waals surface area contributed by atoms with Crippen LogP contribution in [0.2, 0.25) is 0 Å². The molecule has 0 N–H and O–H groups in total. The maximum absolute atomic E-state index is 2.57. The van der Waals surface area contributed by atoms with E-state index in [1.807, 2.05) is 27.7 Å². The second kappa shape index (κ2) is 11.6. The lowest BCUT2D eigenvalue weighted by molar-refractivity contribution is 0.184. The molecule has 0 amide bonds. The van der Waals surface area contributed by atoms with E-state index >= 15 is 0 Å². The lowest BCUT2D eigenvalue weighted by atomic mass is 9.70. The summed E-state index contributed by atoms with van der Waals surface area (Å²) < 4.78 is 0. The summed E-state index contributed by atoms with van der Waals surface area (Å²) in [7, 11) is 0. The highest BCUT2D eigenvalue weighted by Gasteiger charge is 2.28. The highest BCUT2D eigenvalue weighted by molar-refractivity contribution is 5.08. The van der Waals surface area contributed by atoms with Gasteiger partial charge in [-0.3, -0.25) is 0 Å². The molecule has 0 heteroatoms. The standard InChI is InChI=1S/C15H26.2C2H6/c1-3-12-5-7-14(8-6-12)11-15-9-13(4-2)10-15;2*1-2/h7,12-13,15H,3-6,8-11H2,1-2H3;2*1-2H3. The number of allylic oxidation sites excluding steroid dienone is 2. The lowest BCUT2D eigenvalue weighted by Gasteiger charge is -2.36. The monoisotopic (exact) mass is 266 g/mol.